The first kappa shape index (κ1) is 14.4. The summed E-state index contributed by atoms with van der Waals surface area (Å²) in [6.45, 7) is 0.635. The number of carbonyl (C=O) groups excluding carboxylic acids is 1. The third-order valence-corrected chi connectivity index (χ3v) is 3.87. The van der Waals surface area contributed by atoms with E-state index in [-0.39, 0.29) is 12.1 Å². The van der Waals surface area contributed by atoms with Crippen molar-refractivity contribution in [1.29, 1.82) is 0 Å². The molecule has 122 valence electrons. The van der Waals surface area contributed by atoms with E-state index in [1.54, 1.807) is 29.6 Å². The molecule has 0 aliphatic carbocycles. The van der Waals surface area contributed by atoms with Crippen molar-refractivity contribution < 1.29 is 4.79 Å². The third-order valence-electron chi connectivity index (χ3n) is 3.87. The molecule has 1 atom stereocenters. The molecule has 2 N–H and O–H groups in total. The number of nitrogens with one attached hydrogen (secondary N) is 2. The van der Waals surface area contributed by atoms with Gasteiger partial charge in [0.1, 0.15) is 12.2 Å². The molecular formula is C15H16N8O. The average Bonchev–Trinajstić information content (AvgIpc) is 3.24. The molecule has 1 aliphatic rings. The van der Waals surface area contributed by atoms with E-state index in [1.807, 2.05) is 22.9 Å². The molecule has 0 saturated heterocycles. The minimum Gasteiger partial charge on any atom is -0.333 e. The van der Waals surface area contributed by atoms with Crippen LogP contribution in [0.2, 0.25) is 0 Å². The number of fused-ring (bicyclic) bond motifs is 1. The Kier molecular flexibility index (Phi) is 3.66. The van der Waals surface area contributed by atoms with Crippen LogP contribution in [0.15, 0.2) is 43.1 Å². The standard InChI is InChI=1S/C15H16N8O/c24-15(20-11-4-5-14-17-10-19-23(14)8-11)21-12-7-18-22(9-12)13-3-1-2-6-16-13/h1-3,6-7,9-11H,4-5,8H2,(H2,20,21,24). The topological polar surface area (TPSA) is 103 Å². The second kappa shape index (κ2) is 6.11. The van der Waals surface area contributed by atoms with Crippen LogP contribution in [0, 0.1) is 0 Å². The van der Waals surface area contributed by atoms with Crippen LogP contribution in [0.5, 0.6) is 0 Å². The largest absolute Gasteiger partial charge is 0.333 e. The molecule has 1 aliphatic heterocycles. The molecule has 0 radical (unpaired) electrons. The summed E-state index contributed by atoms with van der Waals surface area (Å²) in [5, 5.41) is 14.1. The minimum absolute atomic E-state index is 0.0324. The molecule has 9 heteroatoms. The van der Waals surface area contributed by atoms with Crippen LogP contribution >= 0.6 is 0 Å². The van der Waals surface area contributed by atoms with Gasteiger partial charge in [-0.1, -0.05) is 6.07 Å². The van der Waals surface area contributed by atoms with E-state index in [2.05, 4.69) is 30.8 Å². The summed E-state index contributed by atoms with van der Waals surface area (Å²) >= 11 is 0. The van der Waals surface area contributed by atoms with Gasteiger partial charge in [-0.3, -0.25) is 0 Å². The van der Waals surface area contributed by atoms with E-state index in [0.29, 0.717) is 18.1 Å². The molecule has 1 unspecified atom stereocenters. The first-order chi connectivity index (χ1) is 11.8. The fourth-order valence-corrected chi connectivity index (χ4v) is 2.71. The van der Waals surface area contributed by atoms with Gasteiger partial charge in [0.2, 0.25) is 0 Å². The molecule has 9 nitrogen and oxygen atoms in total. The molecule has 0 bridgehead atoms. The Morgan fingerprint density at radius 1 is 1.25 bits per heavy atom. The number of hydrogen-bond acceptors (Lipinski definition) is 5. The number of rotatable bonds is 3. The highest BCUT2D eigenvalue weighted by atomic mass is 16.2. The summed E-state index contributed by atoms with van der Waals surface area (Å²) in [6.07, 6.45) is 8.20. The van der Waals surface area contributed by atoms with Crippen LogP contribution in [-0.4, -0.2) is 41.6 Å². The maximum Gasteiger partial charge on any atom is 0.319 e. The highest BCUT2D eigenvalue weighted by molar-refractivity contribution is 5.89. The maximum absolute atomic E-state index is 12.2. The molecule has 0 saturated carbocycles. The Hall–Kier alpha value is -3.23. The monoisotopic (exact) mass is 324 g/mol. The van der Waals surface area contributed by atoms with E-state index < -0.39 is 0 Å². The quantitative estimate of drug-likeness (QED) is 0.748. The van der Waals surface area contributed by atoms with Crippen LogP contribution in [0.1, 0.15) is 12.2 Å². The van der Waals surface area contributed by atoms with Gasteiger partial charge in [-0.25, -0.2) is 24.1 Å². The predicted octanol–water partition coefficient (Wildman–Crippen LogP) is 0.995. The second-order valence-electron chi connectivity index (χ2n) is 5.55. The van der Waals surface area contributed by atoms with Gasteiger partial charge in [0, 0.05) is 12.6 Å². The smallest absolute Gasteiger partial charge is 0.319 e. The van der Waals surface area contributed by atoms with Crippen LogP contribution in [0.4, 0.5) is 10.5 Å². The lowest BCUT2D eigenvalue weighted by Crippen LogP contribution is -2.43. The van der Waals surface area contributed by atoms with Crippen LogP contribution in [0.25, 0.3) is 5.82 Å². The lowest BCUT2D eigenvalue weighted by atomic mass is 10.1. The zero-order valence-electron chi connectivity index (χ0n) is 12.8. The van der Waals surface area contributed by atoms with Gasteiger partial charge >= 0.3 is 6.03 Å². The van der Waals surface area contributed by atoms with E-state index in [9.17, 15) is 4.79 Å². The number of anilines is 1. The molecular weight excluding hydrogens is 308 g/mol. The van der Waals surface area contributed by atoms with Gasteiger partial charge in [-0.05, 0) is 18.6 Å². The summed E-state index contributed by atoms with van der Waals surface area (Å²) < 4.78 is 3.44. The maximum atomic E-state index is 12.2. The number of nitrogens with zero attached hydrogens (tertiary/aromatic N) is 6. The molecule has 2 amide bonds. The summed E-state index contributed by atoms with van der Waals surface area (Å²) in [6, 6.07) is 5.33. The van der Waals surface area contributed by atoms with E-state index in [1.165, 1.54) is 0 Å². The fourth-order valence-electron chi connectivity index (χ4n) is 2.71. The molecule has 3 aromatic heterocycles. The Morgan fingerprint density at radius 3 is 3.08 bits per heavy atom. The van der Waals surface area contributed by atoms with Crippen molar-refractivity contribution in [1.82, 2.24) is 34.8 Å². The van der Waals surface area contributed by atoms with Crippen molar-refractivity contribution in [3.63, 3.8) is 0 Å². The number of urea groups is 1. The zero-order valence-corrected chi connectivity index (χ0v) is 12.8. The molecule has 4 heterocycles. The number of aryl methyl sites for hydroxylation is 1. The van der Waals surface area contributed by atoms with Crippen LogP contribution in [-0.2, 0) is 13.0 Å². The number of amides is 2. The lowest BCUT2D eigenvalue weighted by Gasteiger charge is -2.23. The Bertz CT molecular complexity index is 840. The van der Waals surface area contributed by atoms with Gasteiger partial charge in [0.25, 0.3) is 0 Å². The fraction of sp³-hybridized carbons (Fsp3) is 0.267. The number of carbonyl (C=O) groups is 1. The van der Waals surface area contributed by atoms with Crippen molar-refractivity contribution in [2.45, 2.75) is 25.4 Å². The molecule has 3 aromatic rings. The SMILES string of the molecule is O=C(Nc1cnn(-c2ccccn2)c1)NC1CCc2ncnn2C1. The molecule has 24 heavy (non-hydrogen) atoms. The molecule has 0 aromatic carbocycles. The van der Waals surface area contributed by atoms with Gasteiger partial charge in [-0.2, -0.15) is 10.2 Å². The van der Waals surface area contributed by atoms with E-state index >= 15 is 0 Å². The Balaban J connectivity index is 1.36. The normalized spacial score (nSPS) is 16.4. The zero-order chi connectivity index (χ0) is 16.4. The molecule has 4 rings (SSSR count). The molecule has 0 fully saturated rings. The van der Waals surface area contributed by atoms with Gasteiger partial charge in [0.05, 0.1) is 30.7 Å². The van der Waals surface area contributed by atoms with Crippen molar-refractivity contribution in [2.75, 3.05) is 5.32 Å². The van der Waals surface area contributed by atoms with Crippen molar-refractivity contribution >= 4 is 11.7 Å². The second-order valence-corrected chi connectivity index (χ2v) is 5.55. The lowest BCUT2D eigenvalue weighted by molar-refractivity contribution is 0.243. The first-order valence-corrected chi connectivity index (χ1v) is 7.68. The van der Waals surface area contributed by atoms with Crippen molar-refractivity contribution in [2.24, 2.45) is 0 Å². The predicted molar refractivity (Wildman–Crippen MR) is 85.6 cm³/mol. The third kappa shape index (κ3) is 2.96. The van der Waals surface area contributed by atoms with E-state index in [0.717, 1.165) is 18.7 Å². The Labute approximate surface area is 137 Å². The van der Waals surface area contributed by atoms with Gasteiger partial charge in [-0.15, -0.1) is 0 Å². The Morgan fingerprint density at radius 2 is 2.21 bits per heavy atom. The van der Waals surface area contributed by atoms with Crippen LogP contribution in [0.3, 0.4) is 0 Å². The van der Waals surface area contributed by atoms with Gasteiger partial charge < -0.3 is 10.6 Å². The summed E-state index contributed by atoms with van der Waals surface area (Å²) in [5.41, 5.74) is 0.607. The van der Waals surface area contributed by atoms with E-state index in [4.69, 9.17) is 0 Å². The van der Waals surface area contributed by atoms with Crippen molar-refractivity contribution in [3.8, 4) is 5.82 Å². The summed E-state index contributed by atoms with van der Waals surface area (Å²) in [7, 11) is 0. The highest BCUT2D eigenvalue weighted by Gasteiger charge is 2.21. The first-order valence-electron chi connectivity index (χ1n) is 7.68. The van der Waals surface area contributed by atoms with Crippen LogP contribution < -0.4 is 10.6 Å². The average molecular weight is 324 g/mol. The molecule has 0 spiro atoms. The summed E-state index contributed by atoms with van der Waals surface area (Å²) in [5.74, 6) is 1.65. The summed E-state index contributed by atoms with van der Waals surface area (Å²) in [4.78, 5) is 20.5. The number of aromatic nitrogens is 6. The number of hydrogen-bond donors (Lipinski definition) is 2. The number of pyridine rings is 1. The highest BCUT2D eigenvalue weighted by Crippen LogP contribution is 2.12. The minimum atomic E-state index is -0.260. The van der Waals surface area contributed by atoms with Gasteiger partial charge in [0.15, 0.2) is 5.82 Å². The van der Waals surface area contributed by atoms with Crippen molar-refractivity contribution in [3.05, 3.63) is 48.9 Å².